The molecule has 0 saturated carbocycles. The first kappa shape index (κ1) is 8.86. The van der Waals surface area contributed by atoms with E-state index in [0.29, 0.717) is 12.2 Å². The molecule has 1 unspecified atom stereocenters. The van der Waals surface area contributed by atoms with Crippen molar-refractivity contribution >= 4 is 12.0 Å². The van der Waals surface area contributed by atoms with Crippen LogP contribution in [0.5, 0.6) is 0 Å². The summed E-state index contributed by atoms with van der Waals surface area (Å²) in [6, 6.07) is -0.140. The van der Waals surface area contributed by atoms with E-state index in [9.17, 15) is 4.79 Å². The van der Waals surface area contributed by atoms with Crippen LogP contribution in [0, 0.1) is 0 Å². The van der Waals surface area contributed by atoms with Crippen LogP contribution in [0.4, 0.5) is 10.7 Å². The van der Waals surface area contributed by atoms with E-state index in [0.717, 1.165) is 5.56 Å². The van der Waals surface area contributed by atoms with Crippen LogP contribution in [0.15, 0.2) is 4.52 Å². The molecule has 0 aliphatic carbocycles. The van der Waals surface area contributed by atoms with Gasteiger partial charge in [0.05, 0.1) is 25.3 Å². The minimum atomic E-state index is -0.380. The Hall–Kier alpha value is -1.72. The number of methoxy groups -OCH3 is 1. The smallest absolute Gasteiger partial charge is 0.410 e. The van der Waals surface area contributed by atoms with E-state index < -0.39 is 0 Å². The van der Waals surface area contributed by atoms with Gasteiger partial charge in [-0.3, -0.25) is 4.90 Å². The number of fused-ring (bicyclic) bond motifs is 1. The van der Waals surface area contributed by atoms with Crippen molar-refractivity contribution in [2.75, 3.05) is 12.8 Å². The van der Waals surface area contributed by atoms with E-state index >= 15 is 0 Å². The molecule has 2 N–H and O–H groups in total. The van der Waals surface area contributed by atoms with Gasteiger partial charge in [-0.2, -0.15) is 0 Å². The number of aromatic nitrogens is 1. The SMILES string of the molecule is COC(=O)N1Cc2c(noc2N)C1C. The number of hydrogen-bond acceptors (Lipinski definition) is 5. The van der Waals surface area contributed by atoms with Gasteiger partial charge in [0.15, 0.2) is 0 Å². The third kappa shape index (κ3) is 1.03. The van der Waals surface area contributed by atoms with Crippen LogP contribution in [0.2, 0.25) is 0 Å². The normalized spacial score (nSPS) is 19.6. The van der Waals surface area contributed by atoms with E-state index in [1.807, 2.05) is 6.92 Å². The van der Waals surface area contributed by atoms with Gasteiger partial charge in [-0.25, -0.2) is 4.79 Å². The highest BCUT2D eigenvalue weighted by Crippen LogP contribution is 2.35. The van der Waals surface area contributed by atoms with Gasteiger partial charge < -0.3 is 15.0 Å². The first-order valence-corrected chi connectivity index (χ1v) is 4.23. The van der Waals surface area contributed by atoms with Gasteiger partial charge in [-0.05, 0) is 6.92 Å². The minimum Gasteiger partial charge on any atom is -0.453 e. The van der Waals surface area contributed by atoms with Gasteiger partial charge in [0.25, 0.3) is 0 Å². The molecule has 0 radical (unpaired) electrons. The second kappa shape index (κ2) is 2.90. The largest absolute Gasteiger partial charge is 0.453 e. The molecule has 0 fully saturated rings. The zero-order valence-corrected chi connectivity index (χ0v) is 7.98. The summed E-state index contributed by atoms with van der Waals surface area (Å²) in [5.74, 6) is 0.276. The van der Waals surface area contributed by atoms with Gasteiger partial charge in [-0.1, -0.05) is 5.16 Å². The van der Waals surface area contributed by atoms with Crippen LogP contribution in [0.25, 0.3) is 0 Å². The molecule has 2 heterocycles. The Balaban J connectivity index is 2.30. The predicted octanol–water partition coefficient (Wildman–Crippen LogP) is 0.900. The molecule has 0 saturated heterocycles. The molecular weight excluding hydrogens is 186 g/mol. The highest BCUT2D eigenvalue weighted by atomic mass is 16.5. The summed E-state index contributed by atoms with van der Waals surface area (Å²) in [6.07, 6.45) is -0.380. The Kier molecular flexibility index (Phi) is 1.83. The van der Waals surface area contributed by atoms with E-state index in [2.05, 4.69) is 9.89 Å². The minimum absolute atomic E-state index is 0.140. The third-order valence-electron chi connectivity index (χ3n) is 2.45. The highest BCUT2D eigenvalue weighted by molar-refractivity contribution is 5.70. The molecule has 1 amide bonds. The maximum absolute atomic E-state index is 11.3. The standard InChI is InChI=1S/C8H11N3O3/c1-4-6-5(7(9)14-10-6)3-11(4)8(12)13-2/h4H,3,9H2,1-2H3. The van der Waals surface area contributed by atoms with Crippen molar-refractivity contribution < 1.29 is 14.1 Å². The van der Waals surface area contributed by atoms with E-state index in [4.69, 9.17) is 10.3 Å². The van der Waals surface area contributed by atoms with Crippen molar-refractivity contribution in [2.45, 2.75) is 19.5 Å². The first-order valence-electron chi connectivity index (χ1n) is 4.23. The molecule has 1 aromatic rings. The second-order valence-corrected chi connectivity index (χ2v) is 3.18. The lowest BCUT2D eigenvalue weighted by atomic mass is 10.2. The molecule has 1 aliphatic heterocycles. The van der Waals surface area contributed by atoms with Gasteiger partial charge >= 0.3 is 6.09 Å². The molecule has 0 bridgehead atoms. The maximum Gasteiger partial charge on any atom is 0.410 e. The Labute approximate surface area is 80.6 Å². The first-order chi connectivity index (χ1) is 6.65. The summed E-state index contributed by atoms with van der Waals surface area (Å²) in [5, 5.41) is 3.79. The number of nitrogens with two attached hydrogens (primary N) is 1. The van der Waals surface area contributed by atoms with Crippen molar-refractivity contribution in [3.8, 4) is 0 Å². The summed E-state index contributed by atoms with van der Waals surface area (Å²) >= 11 is 0. The zero-order chi connectivity index (χ0) is 10.3. The molecular formula is C8H11N3O3. The molecule has 14 heavy (non-hydrogen) atoms. The van der Waals surface area contributed by atoms with Gasteiger partial charge in [0.1, 0.15) is 5.69 Å². The molecule has 1 aromatic heterocycles. The van der Waals surface area contributed by atoms with Crippen LogP contribution in [0.3, 0.4) is 0 Å². The fourth-order valence-electron chi connectivity index (χ4n) is 1.62. The zero-order valence-electron chi connectivity index (χ0n) is 7.98. The fourth-order valence-corrected chi connectivity index (χ4v) is 1.62. The number of amides is 1. The van der Waals surface area contributed by atoms with Crippen LogP contribution < -0.4 is 5.73 Å². The monoisotopic (exact) mass is 197 g/mol. The lowest BCUT2D eigenvalue weighted by Gasteiger charge is -2.19. The molecule has 76 valence electrons. The quantitative estimate of drug-likeness (QED) is 0.668. The van der Waals surface area contributed by atoms with Crippen molar-refractivity contribution in [3.63, 3.8) is 0 Å². The van der Waals surface area contributed by atoms with Crippen molar-refractivity contribution in [3.05, 3.63) is 11.3 Å². The Morgan fingerprint density at radius 3 is 3.07 bits per heavy atom. The molecule has 1 aliphatic rings. The number of carbonyl (C=O) groups is 1. The summed E-state index contributed by atoms with van der Waals surface area (Å²) in [7, 11) is 1.35. The number of nitrogen functional groups attached to an aromatic ring is 1. The molecule has 2 rings (SSSR count). The lowest BCUT2D eigenvalue weighted by Crippen LogP contribution is -2.28. The molecule has 0 aromatic carbocycles. The second-order valence-electron chi connectivity index (χ2n) is 3.18. The van der Waals surface area contributed by atoms with E-state index in [1.165, 1.54) is 7.11 Å². The number of ether oxygens (including phenoxy) is 1. The molecule has 1 atom stereocenters. The average Bonchev–Trinajstić information content (AvgIpc) is 2.69. The van der Waals surface area contributed by atoms with Crippen LogP contribution in [-0.2, 0) is 11.3 Å². The summed E-state index contributed by atoms with van der Waals surface area (Å²) < 4.78 is 9.45. The summed E-state index contributed by atoms with van der Waals surface area (Å²) in [6.45, 7) is 2.25. The van der Waals surface area contributed by atoms with E-state index in [1.54, 1.807) is 4.90 Å². The number of carbonyl (C=O) groups excluding carboxylic acids is 1. The number of hydrogen-bond donors (Lipinski definition) is 1. The Morgan fingerprint density at radius 2 is 2.50 bits per heavy atom. The fraction of sp³-hybridized carbons (Fsp3) is 0.500. The summed E-state index contributed by atoms with van der Waals surface area (Å²) in [4.78, 5) is 12.9. The Morgan fingerprint density at radius 1 is 1.79 bits per heavy atom. The van der Waals surface area contributed by atoms with Crippen LogP contribution in [0.1, 0.15) is 24.2 Å². The number of anilines is 1. The van der Waals surface area contributed by atoms with Crippen molar-refractivity contribution in [2.24, 2.45) is 0 Å². The van der Waals surface area contributed by atoms with Crippen molar-refractivity contribution in [1.29, 1.82) is 0 Å². The Bertz CT molecular complexity index is 374. The van der Waals surface area contributed by atoms with Gasteiger partial charge in [-0.15, -0.1) is 0 Å². The van der Waals surface area contributed by atoms with Crippen LogP contribution in [-0.4, -0.2) is 23.3 Å². The number of nitrogens with zero attached hydrogens (tertiary/aromatic N) is 2. The van der Waals surface area contributed by atoms with Gasteiger partial charge in [0, 0.05) is 0 Å². The highest BCUT2D eigenvalue weighted by Gasteiger charge is 2.36. The summed E-state index contributed by atoms with van der Waals surface area (Å²) in [5.41, 5.74) is 7.05. The van der Waals surface area contributed by atoms with Crippen molar-refractivity contribution in [1.82, 2.24) is 10.1 Å². The van der Waals surface area contributed by atoms with E-state index in [-0.39, 0.29) is 18.0 Å². The molecule has 6 nitrogen and oxygen atoms in total. The lowest BCUT2D eigenvalue weighted by molar-refractivity contribution is 0.110. The molecule has 6 heteroatoms. The maximum atomic E-state index is 11.3. The average molecular weight is 197 g/mol. The molecule has 0 spiro atoms. The third-order valence-corrected chi connectivity index (χ3v) is 2.45. The van der Waals surface area contributed by atoms with Crippen LogP contribution >= 0.6 is 0 Å². The number of rotatable bonds is 0. The topological polar surface area (TPSA) is 81.6 Å². The predicted molar refractivity (Wildman–Crippen MR) is 47.3 cm³/mol. The van der Waals surface area contributed by atoms with Gasteiger partial charge in [0.2, 0.25) is 5.88 Å².